The molecule has 0 N–H and O–H groups in total. The topological polar surface area (TPSA) is 79.1 Å². The lowest BCUT2D eigenvalue weighted by atomic mass is 10.2. The molecule has 0 saturated carbocycles. The molecular weight excluding hydrogens is 272 g/mol. The van der Waals surface area contributed by atoms with Crippen LogP contribution in [0.15, 0.2) is 24.3 Å². The van der Waals surface area contributed by atoms with Crippen molar-refractivity contribution >= 4 is 5.97 Å². The van der Waals surface area contributed by atoms with Crippen molar-refractivity contribution in [3.05, 3.63) is 24.3 Å². The van der Waals surface area contributed by atoms with Crippen molar-refractivity contribution < 1.29 is 14.3 Å². The first-order valence-electron chi connectivity index (χ1n) is 6.80. The predicted octanol–water partition coefficient (Wildman–Crippen LogP) is 1.69. The van der Waals surface area contributed by atoms with E-state index in [0.29, 0.717) is 31.8 Å². The minimum atomic E-state index is -0.203. The summed E-state index contributed by atoms with van der Waals surface area (Å²) in [5.41, 5.74) is 0.839. The first-order chi connectivity index (χ1) is 10.2. The van der Waals surface area contributed by atoms with E-state index in [-0.39, 0.29) is 5.97 Å². The van der Waals surface area contributed by atoms with Crippen LogP contribution < -0.4 is 4.74 Å². The van der Waals surface area contributed by atoms with Gasteiger partial charge in [0.1, 0.15) is 5.75 Å². The molecule has 1 aromatic carbocycles. The molecule has 7 nitrogen and oxygen atoms in total. The Bertz CT molecular complexity index is 597. The number of carbonyl (C=O) groups is 1. The lowest BCUT2D eigenvalue weighted by Gasteiger charge is -2.01. The smallest absolute Gasteiger partial charge is 0.305 e. The predicted molar refractivity (Wildman–Crippen MR) is 75.7 cm³/mol. The van der Waals surface area contributed by atoms with Crippen LogP contribution in [0, 0.1) is 0 Å². The van der Waals surface area contributed by atoms with E-state index in [1.54, 1.807) is 14.0 Å². The van der Waals surface area contributed by atoms with Crippen molar-refractivity contribution in [1.82, 2.24) is 20.2 Å². The van der Waals surface area contributed by atoms with Gasteiger partial charge in [-0.15, -0.1) is 10.2 Å². The van der Waals surface area contributed by atoms with Gasteiger partial charge >= 0.3 is 5.97 Å². The first kappa shape index (κ1) is 15.0. The number of hydrogen-bond acceptors (Lipinski definition) is 6. The van der Waals surface area contributed by atoms with Gasteiger partial charge in [0.15, 0.2) is 0 Å². The molecule has 0 atom stereocenters. The lowest BCUT2D eigenvalue weighted by molar-refractivity contribution is -0.143. The van der Waals surface area contributed by atoms with Crippen LogP contribution in [-0.4, -0.2) is 39.9 Å². The van der Waals surface area contributed by atoms with E-state index < -0.39 is 0 Å². The molecule has 7 heteroatoms. The van der Waals surface area contributed by atoms with Gasteiger partial charge in [0.05, 0.1) is 20.3 Å². The summed E-state index contributed by atoms with van der Waals surface area (Å²) in [4.78, 5) is 12.7. The Labute approximate surface area is 122 Å². The number of carbonyl (C=O) groups excluding carboxylic acids is 1. The number of methoxy groups -OCH3 is 1. The average molecular weight is 290 g/mol. The second-order valence-corrected chi connectivity index (χ2v) is 4.35. The summed E-state index contributed by atoms with van der Waals surface area (Å²) in [7, 11) is 1.61. The van der Waals surface area contributed by atoms with E-state index in [1.165, 1.54) is 4.80 Å². The van der Waals surface area contributed by atoms with Crippen LogP contribution in [0.1, 0.15) is 19.8 Å². The minimum absolute atomic E-state index is 0.203. The van der Waals surface area contributed by atoms with Crippen molar-refractivity contribution in [1.29, 1.82) is 0 Å². The second kappa shape index (κ2) is 7.37. The van der Waals surface area contributed by atoms with Gasteiger partial charge in [-0.2, -0.15) is 4.80 Å². The minimum Gasteiger partial charge on any atom is -0.497 e. The van der Waals surface area contributed by atoms with Gasteiger partial charge in [-0.1, -0.05) is 12.1 Å². The molecule has 0 spiro atoms. The summed E-state index contributed by atoms with van der Waals surface area (Å²) in [5, 5.41) is 12.3. The average Bonchev–Trinajstić information content (AvgIpc) is 2.96. The van der Waals surface area contributed by atoms with E-state index in [1.807, 2.05) is 24.3 Å². The third-order valence-electron chi connectivity index (χ3n) is 2.83. The Morgan fingerprint density at radius 2 is 2.24 bits per heavy atom. The van der Waals surface area contributed by atoms with Crippen LogP contribution in [0.5, 0.6) is 5.75 Å². The summed E-state index contributed by atoms with van der Waals surface area (Å²) in [6.45, 7) is 2.72. The third kappa shape index (κ3) is 4.27. The zero-order chi connectivity index (χ0) is 15.1. The third-order valence-corrected chi connectivity index (χ3v) is 2.83. The molecule has 0 aliphatic rings. The van der Waals surface area contributed by atoms with Gasteiger partial charge in [0, 0.05) is 12.0 Å². The van der Waals surface area contributed by atoms with Crippen LogP contribution in [0.4, 0.5) is 0 Å². The van der Waals surface area contributed by atoms with Gasteiger partial charge in [0.25, 0.3) is 0 Å². The number of aryl methyl sites for hydroxylation is 1. The number of tetrazole rings is 1. The van der Waals surface area contributed by atoms with Crippen molar-refractivity contribution in [2.75, 3.05) is 13.7 Å². The first-order valence-corrected chi connectivity index (χ1v) is 6.80. The number of nitrogens with zero attached hydrogens (tertiary/aromatic N) is 4. The molecular formula is C14H18N4O3. The lowest BCUT2D eigenvalue weighted by Crippen LogP contribution is -2.08. The van der Waals surface area contributed by atoms with Crippen LogP contribution in [0.25, 0.3) is 11.4 Å². The molecule has 0 unspecified atom stereocenters. The largest absolute Gasteiger partial charge is 0.497 e. The normalized spacial score (nSPS) is 10.4. The van der Waals surface area contributed by atoms with Crippen molar-refractivity contribution in [2.45, 2.75) is 26.3 Å². The molecule has 2 rings (SSSR count). The number of aromatic nitrogens is 4. The maximum absolute atomic E-state index is 11.2. The molecule has 0 radical (unpaired) electrons. The van der Waals surface area contributed by atoms with Crippen molar-refractivity contribution in [3.8, 4) is 17.1 Å². The second-order valence-electron chi connectivity index (χ2n) is 4.35. The monoisotopic (exact) mass is 290 g/mol. The fourth-order valence-electron chi connectivity index (χ4n) is 1.81. The fourth-order valence-corrected chi connectivity index (χ4v) is 1.81. The SMILES string of the molecule is CCOC(=O)CCCn1nnc(-c2cccc(OC)c2)n1. The molecule has 21 heavy (non-hydrogen) atoms. The summed E-state index contributed by atoms with van der Waals surface area (Å²) in [6, 6.07) is 7.46. The molecule has 112 valence electrons. The van der Waals surface area contributed by atoms with E-state index in [2.05, 4.69) is 15.4 Å². The van der Waals surface area contributed by atoms with E-state index in [0.717, 1.165) is 11.3 Å². The Balaban J connectivity index is 1.93. The number of ether oxygens (including phenoxy) is 2. The molecule has 1 heterocycles. The van der Waals surface area contributed by atoms with Crippen molar-refractivity contribution in [2.24, 2.45) is 0 Å². The van der Waals surface area contributed by atoms with Gasteiger partial charge in [-0.05, 0) is 30.7 Å². The zero-order valence-electron chi connectivity index (χ0n) is 12.2. The Morgan fingerprint density at radius 1 is 1.38 bits per heavy atom. The highest BCUT2D eigenvalue weighted by Gasteiger charge is 2.08. The fraction of sp³-hybridized carbons (Fsp3) is 0.429. The van der Waals surface area contributed by atoms with E-state index in [4.69, 9.17) is 9.47 Å². The Hall–Kier alpha value is -2.44. The van der Waals surface area contributed by atoms with E-state index >= 15 is 0 Å². The highest BCUT2D eigenvalue weighted by Crippen LogP contribution is 2.19. The van der Waals surface area contributed by atoms with Gasteiger partial charge in [-0.25, -0.2) is 0 Å². The molecule has 2 aromatic rings. The highest BCUT2D eigenvalue weighted by atomic mass is 16.5. The quantitative estimate of drug-likeness (QED) is 0.722. The van der Waals surface area contributed by atoms with E-state index in [9.17, 15) is 4.79 Å². The molecule has 0 fully saturated rings. The standard InChI is InChI=1S/C14H18N4O3/c1-3-21-13(19)8-5-9-18-16-14(15-17-18)11-6-4-7-12(10-11)20-2/h4,6-7,10H,3,5,8-9H2,1-2H3. The summed E-state index contributed by atoms with van der Waals surface area (Å²) in [5.74, 6) is 1.07. The summed E-state index contributed by atoms with van der Waals surface area (Å²) >= 11 is 0. The maximum Gasteiger partial charge on any atom is 0.305 e. The van der Waals surface area contributed by atoms with Crippen LogP contribution in [-0.2, 0) is 16.1 Å². The van der Waals surface area contributed by atoms with Crippen LogP contribution >= 0.6 is 0 Å². The molecule has 0 amide bonds. The number of rotatable bonds is 7. The summed E-state index contributed by atoms with van der Waals surface area (Å²) in [6.07, 6.45) is 0.969. The number of hydrogen-bond donors (Lipinski definition) is 0. The van der Waals surface area contributed by atoms with Crippen LogP contribution in [0.3, 0.4) is 0 Å². The van der Waals surface area contributed by atoms with Crippen molar-refractivity contribution in [3.63, 3.8) is 0 Å². The Morgan fingerprint density at radius 3 is 3.00 bits per heavy atom. The molecule has 1 aromatic heterocycles. The molecule has 0 aliphatic carbocycles. The van der Waals surface area contributed by atoms with Gasteiger partial charge in [0.2, 0.25) is 5.82 Å². The number of benzene rings is 1. The zero-order valence-corrected chi connectivity index (χ0v) is 12.2. The molecule has 0 saturated heterocycles. The molecule has 0 aliphatic heterocycles. The number of esters is 1. The molecule has 0 bridgehead atoms. The van der Waals surface area contributed by atoms with Crippen LogP contribution in [0.2, 0.25) is 0 Å². The van der Waals surface area contributed by atoms with Gasteiger partial charge in [-0.3, -0.25) is 4.79 Å². The maximum atomic E-state index is 11.2. The highest BCUT2D eigenvalue weighted by molar-refractivity contribution is 5.69. The van der Waals surface area contributed by atoms with Gasteiger partial charge < -0.3 is 9.47 Å². The Kier molecular flexibility index (Phi) is 5.25. The summed E-state index contributed by atoms with van der Waals surface area (Å²) < 4.78 is 10.0.